The first-order valence-corrected chi connectivity index (χ1v) is 6.50. The lowest BCUT2D eigenvalue weighted by atomic mass is 9.96. The number of carbonyl (C=O) groups is 2. The highest BCUT2D eigenvalue weighted by atomic mass is 16.4. The lowest BCUT2D eigenvalue weighted by molar-refractivity contribution is -0.136. The monoisotopic (exact) mass is 265 g/mol. The molecule has 0 aromatic heterocycles. The molecule has 1 aliphatic rings. The number of hydrogen-bond acceptors (Lipinski definition) is 4. The lowest BCUT2D eigenvalue weighted by Crippen LogP contribution is -2.30. The van der Waals surface area contributed by atoms with Crippen LogP contribution in [0.3, 0.4) is 0 Å². The Balaban J connectivity index is 2.40. The number of rotatable bonds is 6. The molecule has 3 N–H and O–H groups in total. The van der Waals surface area contributed by atoms with Gasteiger partial charge in [-0.3, -0.25) is 9.59 Å². The number of nitriles is 1. The number of amides is 1. The zero-order chi connectivity index (χ0) is 14.1. The van der Waals surface area contributed by atoms with Crippen LogP contribution in [0.25, 0.3) is 0 Å². The summed E-state index contributed by atoms with van der Waals surface area (Å²) in [5.74, 6) is -1.52. The van der Waals surface area contributed by atoms with Crippen molar-refractivity contribution in [3.05, 3.63) is 11.8 Å². The molecule has 1 saturated carbocycles. The molecule has 0 aromatic carbocycles. The van der Waals surface area contributed by atoms with Gasteiger partial charge in [-0.15, -0.1) is 0 Å². The minimum Gasteiger partial charge on any atom is -0.481 e. The summed E-state index contributed by atoms with van der Waals surface area (Å²) in [5.41, 5.74) is -0.0176. The van der Waals surface area contributed by atoms with Crippen molar-refractivity contribution in [1.29, 1.82) is 5.26 Å². The molecule has 6 nitrogen and oxygen atoms in total. The van der Waals surface area contributed by atoms with E-state index < -0.39 is 11.9 Å². The van der Waals surface area contributed by atoms with E-state index >= 15 is 0 Å². The summed E-state index contributed by atoms with van der Waals surface area (Å²) in [6, 6.07) is 2.14. The first-order chi connectivity index (χ1) is 9.13. The summed E-state index contributed by atoms with van der Waals surface area (Å²) in [5, 5.41) is 22.8. The molecular formula is C13H19N3O3. The molecule has 1 aliphatic carbocycles. The van der Waals surface area contributed by atoms with Gasteiger partial charge < -0.3 is 15.7 Å². The van der Waals surface area contributed by atoms with Crippen LogP contribution in [0.15, 0.2) is 11.8 Å². The number of hydrogen-bond donors (Lipinski definition) is 3. The number of carbonyl (C=O) groups excluding carboxylic acids is 1. The fourth-order valence-corrected chi connectivity index (χ4v) is 2.00. The molecule has 104 valence electrons. The van der Waals surface area contributed by atoms with Crippen molar-refractivity contribution in [2.75, 3.05) is 6.54 Å². The van der Waals surface area contributed by atoms with Gasteiger partial charge in [0.2, 0.25) is 0 Å². The fourth-order valence-electron chi connectivity index (χ4n) is 2.00. The summed E-state index contributed by atoms with van der Waals surface area (Å²) in [6.07, 6.45) is 6.96. The van der Waals surface area contributed by atoms with Gasteiger partial charge in [-0.25, -0.2) is 0 Å². The first-order valence-electron chi connectivity index (χ1n) is 6.50. The Morgan fingerprint density at radius 3 is 2.58 bits per heavy atom. The van der Waals surface area contributed by atoms with Gasteiger partial charge in [-0.1, -0.05) is 19.3 Å². The molecule has 0 unspecified atom stereocenters. The van der Waals surface area contributed by atoms with Crippen LogP contribution >= 0.6 is 0 Å². The molecule has 0 heterocycles. The van der Waals surface area contributed by atoms with E-state index in [0.29, 0.717) is 6.04 Å². The number of carboxylic acids is 1. The van der Waals surface area contributed by atoms with Crippen LogP contribution in [0.4, 0.5) is 0 Å². The third kappa shape index (κ3) is 5.91. The summed E-state index contributed by atoms with van der Waals surface area (Å²) in [4.78, 5) is 21.9. The second-order valence-electron chi connectivity index (χ2n) is 4.57. The molecule has 0 spiro atoms. The van der Waals surface area contributed by atoms with Crippen molar-refractivity contribution in [1.82, 2.24) is 10.6 Å². The van der Waals surface area contributed by atoms with Crippen LogP contribution in [-0.2, 0) is 9.59 Å². The summed E-state index contributed by atoms with van der Waals surface area (Å²) in [7, 11) is 0. The topological polar surface area (TPSA) is 102 Å². The quantitative estimate of drug-likeness (QED) is 0.489. The predicted octanol–water partition coefficient (Wildman–Crippen LogP) is 0.907. The maximum absolute atomic E-state index is 11.6. The Morgan fingerprint density at radius 2 is 2.00 bits per heavy atom. The van der Waals surface area contributed by atoms with Gasteiger partial charge >= 0.3 is 5.97 Å². The molecule has 0 atom stereocenters. The van der Waals surface area contributed by atoms with Crippen molar-refractivity contribution in [2.24, 2.45) is 0 Å². The zero-order valence-corrected chi connectivity index (χ0v) is 10.8. The standard InChI is InChI=1S/C13H19N3O3/c14-8-10(13(19)15-7-6-12(17)18)9-16-11-4-2-1-3-5-11/h9,11,16H,1-7H2,(H,15,19)(H,17,18)/b10-9-. The van der Waals surface area contributed by atoms with Crippen LogP contribution in [0.2, 0.25) is 0 Å². The largest absolute Gasteiger partial charge is 0.481 e. The van der Waals surface area contributed by atoms with E-state index in [-0.39, 0.29) is 18.5 Å². The van der Waals surface area contributed by atoms with Crippen molar-refractivity contribution >= 4 is 11.9 Å². The Morgan fingerprint density at radius 1 is 1.32 bits per heavy atom. The van der Waals surface area contributed by atoms with Crippen molar-refractivity contribution in [3.8, 4) is 6.07 Å². The second-order valence-corrected chi connectivity index (χ2v) is 4.57. The van der Waals surface area contributed by atoms with Gasteiger partial charge in [0.05, 0.1) is 6.42 Å². The van der Waals surface area contributed by atoms with Gasteiger partial charge in [-0.05, 0) is 12.8 Å². The first kappa shape index (κ1) is 15.0. The van der Waals surface area contributed by atoms with E-state index in [4.69, 9.17) is 10.4 Å². The van der Waals surface area contributed by atoms with E-state index in [1.54, 1.807) is 0 Å². The van der Waals surface area contributed by atoms with E-state index in [1.165, 1.54) is 12.6 Å². The fraction of sp³-hybridized carbons (Fsp3) is 0.615. The van der Waals surface area contributed by atoms with Crippen molar-refractivity contribution in [2.45, 2.75) is 44.6 Å². The number of carboxylic acid groups (broad SMARTS) is 1. The van der Waals surface area contributed by atoms with Gasteiger partial charge in [-0.2, -0.15) is 5.26 Å². The SMILES string of the molecule is N#C/C(=C/NC1CCCCC1)C(=O)NCCC(=O)O. The molecule has 1 rings (SSSR count). The highest BCUT2D eigenvalue weighted by Gasteiger charge is 2.13. The molecule has 0 saturated heterocycles. The summed E-state index contributed by atoms with van der Waals surface area (Å²) < 4.78 is 0. The van der Waals surface area contributed by atoms with Crippen LogP contribution in [0, 0.1) is 11.3 Å². The normalized spacial score (nSPS) is 16.5. The Bertz CT molecular complexity index is 392. The Labute approximate surface area is 112 Å². The number of aliphatic carboxylic acids is 1. The predicted molar refractivity (Wildman–Crippen MR) is 69.0 cm³/mol. The van der Waals surface area contributed by atoms with Gasteiger partial charge in [0.25, 0.3) is 5.91 Å². The minimum atomic E-state index is -0.983. The van der Waals surface area contributed by atoms with Crippen molar-refractivity contribution < 1.29 is 14.7 Å². The molecule has 0 bridgehead atoms. The molecule has 6 heteroatoms. The Hall–Kier alpha value is -2.03. The van der Waals surface area contributed by atoms with E-state index in [9.17, 15) is 9.59 Å². The highest BCUT2D eigenvalue weighted by Crippen LogP contribution is 2.17. The lowest BCUT2D eigenvalue weighted by Gasteiger charge is -2.21. The molecule has 0 aliphatic heterocycles. The Kier molecular flexibility index (Phi) is 6.44. The average molecular weight is 265 g/mol. The number of nitrogens with one attached hydrogen (secondary N) is 2. The summed E-state index contributed by atoms with van der Waals surface area (Å²) >= 11 is 0. The van der Waals surface area contributed by atoms with E-state index in [2.05, 4.69) is 10.6 Å². The molecule has 19 heavy (non-hydrogen) atoms. The maximum Gasteiger partial charge on any atom is 0.305 e. The molecule has 0 aromatic rings. The van der Waals surface area contributed by atoms with E-state index in [0.717, 1.165) is 25.7 Å². The van der Waals surface area contributed by atoms with Crippen molar-refractivity contribution in [3.63, 3.8) is 0 Å². The van der Waals surface area contributed by atoms with Crippen LogP contribution < -0.4 is 10.6 Å². The second kappa shape index (κ2) is 8.14. The van der Waals surface area contributed by atoms with Crippen LogP contribution in [0.1, 0.15) is 38.5 Å². The van der Waals surface area contributed by atoms with Gasteiger partial charge in [0.1, 0.15) is 11.6 Å². The molecule has 1 fully saturated rings. The highest BCUT2D eigenvalue weighted by molar-refractivity contribution is 5.97. The molecular weight excluding hydrogens is 246 g/mol. The number of nitrogens with zero attached hydrogens (tertiary/aromatic N) is 1. The van der Waals surface area contributed by atoms with Gasteiger partial charge in [0.15, 0.2) is 0 Å². The smallest absolute Gasteiger partial charge is 0.305 e. The van der Waals surface area contributed by atoms with E-state index in [1.807, 2.05) is 6.07 Å². The molecule has 0 radical (unpaired) electrons. The minimum absolute atomic E-state index is 0.0176. The average Bonchev–Trinajstić information content (AvgIpc) is 2.40. The summed E-state index contributed by atoms with van der Waals surface area (Å²) in [6.45, 7) is 0.0244. The third-order valence-corrected chi connectivity index (χ3v) is 3.06. The molecule has 1 amide bonds. The zero-order valence-electron chi connectivity index (χ0n) is 10.8. The third-order valence-electron chi connectivity index (χ3n) is 3.06. The van der Waals surface area contributed by atoms with Crippen LogP contribution in [-0.4, -0.2) is 29.6 Å². The maximum atomic E-state index is 11.6. The van der Waals surface area contributed by atoms with Gasteiger partial charge in [0, 0.05) is 18.8 Å². The van der Waals surface area contributed by atoms with Crippen LogP contribution in [0.5, 0.6) is 0 Å².